The Morgan fingerprint density at radius 1 is 0.167 bits per heavy atom. The summed E-state index contributed by atoms with van der Waals surface area (Å²) in [4.78, 5) is 23.1. The van der Waals surface area contributed by atoms with Gasteiger partial charge >= 0.3 is 0 Å². The highest BCUT2D eigenvalue weighted by Gasteiger charge is 2.29. The van der Waals surface area contributed by atoms with Gasteiger partial charge in [0.15, 0.2) is 34.1 Å². The maximum absolute atomic E-state index is 10.7. The van der Waals surface area contributed by atoms with E-state index in [1.807, 2.05) is 231 Å². The molecule has 15 nitrogen and oxygen atoms in total. The fourth-order valence-corrected chi connectivity index (χ4v) is 22.5. The predicted octanol–water partition coefficient (Wildman–Crippen LogP) is 36.6. The second-order valence-corrected chi connectivity index (χ2v) is 36.6. The van der Waals surface area contributed by atoms with Crippen molar-refractivity contribution in [3.63, 3.8) is 0 Å². The van der Waals surface area contributed by atoms with E-state index in [0.29, 0.717) is 56.4 Å². The van der Waals surface area contributed by atoms with E-state index in [0.717, 1.165) is 215 Å². The van der Waals surface area contributed by atoms with Gasteiger partial charge in [0.05, 0.1) is 157 Å². The van der Waals surface area contributed by atoms with Crippen molar-refractivity contribution >= 4 is 165 Å². The van der Waals surface area contributed by atoms with Crippen LogP contribution in [0.1, 0.15) is 16.7 Å². The Labute approximate surface area is 861 Å². The molecule has 0 atom stereocenters. The molecule has 6 heterocycles. The van der Waals surface area contributed by atoms with Crippen molar-refractivity contribution < 1.29 is 0 Å². The first-order valence-corrected chi connectivity index (χ1v) is 48.7. The molecule has 0 fully saturated rings. The van der Waals surface area contributed by atoms with E-state index < -0.39 is 0 Å². The Balaban J connectivity index is 0.000000116. The predicted molar refractivity (Wildman–Crippen MR) is 610 cm³/mol. The van der Waals surface area contributed by atoms with Crippen LogP contribution in [0.15, 0.2) is 455 Å². The summed E-state index contributed by atoms with van der Waals surface area (Å²) in [5.41, 5.74) is 32.4. The molecule has 150 heavy (non-hydrogen) atoms. The molecular formula is C135H75N15. The highest BCUT2D eigenvalue weighted by Crippen LogP contribution is 2.52. The second kappa shape index (κ2) is 37.0. The van der Waals surface area contributed by atoms with E-state index in [1.165, 1.54) is 10.8 Å². The third-order valence-electron chi connectivity index (χ3n) is 28.8. The Bertz CT molecular complexity index is 10700. The van der Waals surface area contributed by atoms with Crippen molar-refractivity contribution in [1.29, 1.82) is 15.8 Å². The standard InChI is InChI=1S/3C45H25N5/c1-47-30-22-25-44-38(27-30)35-14-5-9-20-42(35)50(44)43-21-10-6-15-37(43)45-36(16-11-17-39(45)48-2)32-24-23-31(26-29(32)28-46)49-40-18-7-3-12-33(40)34-13-4-8-19-41(34)49;1-47-31-23-25-44-37(27-31)35-14-5-9-20-42(35)50(44)43-21-10-6-15-36(43)45-32(16-11-17-38(45)48-2)29-22-24-39(30(26-29)28-46)49-40-18-7-3-12-33(40)34-13-4-8-19-41(34)49;1-47-31-22-26-43-37(27-31)35-13-5-9-17-41(35)50(43)42-18-10-6-14-36(42)45-38(48-2)25-21-30(28-46)44(45)29-19-23-32(24-20-29)49-39-15-7-3-11-33(39)34-12-4-8-16-40(34)49/h3*3-27H. The molecule has 0 spiro atoms. The molecule has 0 amide bonds. The topological polar surface area (TPSA) is 127 Å². The fraction of sp³-hybridized carbons (Fsp3) is 0. The zero-order valence-electron chi connectivity index (χ0n) is 80.0. The highest BCUT2D eigenvalue weighted by molar-refractivity contribution is 6.17. The lowest BCUT2D eigenvalue weighted by Gasteiger charge is -2.19. The summed E-state index contributed by atoms with van der Waals surface area (Å²) in [5.74, 6) is 0. The number of hydrogen-bond donors (Lipinski definition) is 0. The molecule has 21 aromatic carbocycles. The van der Waals surface area contributed by atoms with Gasteiger partial charge in [-0.1, -0.05) is 309 Å². The third-order valence-corrected chi connectivity index (χ3v) is 28.8. The minimum absolute atomic E-state index is 0.467. The molecule has 0 bridgehead atoms. The molecule has 690 valence electrons. The molecule has 0 radical (unpaired) electrons. The first-order chi connectivity index (χ1) is 74.1. The first-order valence-electron chi connectivity index (χ1n) is 48.7. The van der Waals surface area contributed by atoms with Gasteiger partial charge in [0.25, 0.3) is 0 Å². The second-order valence-electron chi connectivity index (χ2n) is 36.6. The SMILES string of the molecule is [C-]#[N+]c1ccc2c(c1)c1ccccc1n2-c1ccccc1-c1c([N+]#[C-])ccc(C#N)c1-c1ccc(-n2c3ccccc3c3ccccc32)cc1.[C-]#[N+]c1ccc2c(c1)c1ccccc1n2-c1ccccc1-c1c([N+]#[C-])cccc1-c1ccc(-n2c3ccccc3c3ccccc32)c(C#N)c1.[C-]#[N+]c1ccc2c(c1)c1ccccc1n2-c1ccccc1-c1c([N+]#[C-])cccc1-c1ccc(-n2c3ccccc3c3ccccc32)cc1C#N. The highest BCUT2D eigenvalue weighted by atomic mass is 15.0. The molecule has 0 saturated heterocycles. The van der Waals surface area contributed by atoms with E-state index >= 15 is 0 Å². The minimum atomic E-state index is 0.467. The van der Waals surface area contributed by atoms with Gasteiger partial charge < -0.3 is 27.4 Å². The summed E-state index contributed by atoms with van der Waals surface area (Å²) in [5, 5.41) is 44.8. The molecule has 0 unspecified atom stereocenters. The van der Waals surface area contributed by atoms with Gasteiger partial charge in [-0.25, -0.2) is 29.1 Å². The van der Waals surface area contributed by atoms with E-state index in [2.05, 4.69) is 287 Å². The lowest BCUT2D eigenvalue weighted by atomic mass is 9.88. The van der Waals surface area contributed by atoms with E-state index in [9.17, 15) is 15.8 Å². The molecule has 27 aromatic rings. The minimum Gasteiger partial charge on any atom is -0.309 e. The van der Waals surface area contributed by atoms with Crippen LogP contribution in [0.4, 0.5) is 34.1 Å². The molecule has 0 aliphatic heterocycles. The Kier molecular flexibility index (Phi) is 22.0. The zero-order chi connectivity index (χ0) is 101. The van der Waals surface area contributed by atoms with Crippen LogP contribution in [0.5, 0.6) is 0 Å². The monoisotopic (exact) mass is 1910 g/mol. The molecule has 0 aliphatic rings. The fourth-order valence-electron chi connectivity index (χ4n) is 22.5. The van der Waals surface area contributed by atoms with Gasteiger partial charge in [-0.2, -0.15) is 15.8 Å². The summed E-state index contributed by atoms with van der Waals surface area (Å²) in [6.07, 6.45) is 0. The summed E-state index contributed by atoms with van der Waals surface area (Å²) in [7, 11) is 0. The molecule has 6 aromatic heterocycles. The van der Waals surface area contributed by atoms with Crippen molar-refractivity contribution in [1.82, 2.24) is 27.4 Å². The molecule has 27 rings (SSSR count). The van der Waals surface area contributed by atoms with Crippen LogP contribution in [0.3, 0.4) is 0 Å². The lowest BCUT2D eigenvalue weighted by Crippen LogP contribution is -1.99. The first kappa shape index (κ1) is 89.2. The van der Waals surface area contributed by atoms with Crippen LogP contribution in [-0.2, 0) is 0 Å². The molecule has 0 saturated carbocycles. The summed E-state index contributed by atoms with van der Waals surface area (Å²) in [6.45, 7) is 47.6. The van der Waals surface area contributed by atoms with Gasteiger partial charge in [-0.3, -0.25) is 0 Å². The maximum Gasteiger partial charge on any atom is 0.195 e. The van der Waals surface area contributed by atoms with Crippen LogP contribution in [0.25, 0.3) is 261 Å². The molecular weight excluding hydrogens is 1830 g/mol. The summed E-state index contributed by atoms with van der Waals surface area (Å²) < 4.78 is 13.3. The zero-order valence-corrected chi connectivity index (χ0v) is 80.0. The third kappa shape index (κ3) is 14.5. The molecule has 0 N–H and O–H groups in total. The van der Waals surface area contributed by atoms with E-state index in [-0.39, 0.29) is 0 Å². The quantitative estimate of drug-likeness (QED) is 0.113. The van der Waals surface area contributed by atoms with E-state index in [4.69, 9.17) is 39.4 Å². The van der Waals surface area contributed by atoms with Gasteiger partial charge in [-0.05, 0) is 229 Å². The van der Waals surface area contributed by atoms with Gasteiger partial charge in [0, 0.05) is 59.9 Å². The van der Waals surface area contributed by atoms with Crippen molar-refractivity contribution in [3.05, 3.63) is 540 Å². The number of aromatic nitrogens is 6. The number of rotatable bonds is 12. The molecule has 15 heteroatoms. The van der Waals surface area contributed by atoms with Gasteiger partial charge in [0.1, 0.15) is 6.07 Å². The van der Waals surface area contributed by atoms with Crippen LogP contribution in [-0.4, -0.2) is 27.4 Å². The largest absolute Gasteiger partial charge is 0.309 e. The Morgan fingerprint density at radius 3 is 0.833 bits per heavy atom. The summed E-state index contributed by atoms with van der Waals surface area (Å²) in [6, 6.07) is 159. The number of nitriles is 3. The maximum atomic E-state index is 10.7. The normalized spacial score (nSPS) is 11.1. The van der Waals surface area contributed by atoms with Crippen LogP contribution < -0.4 is 0 Å². The Morgan fingerprint density at radius 2 is 0.460 bits per heavy atom. The van der Waals surface area contributed by atoms with Crippen LogP contribution >= 0.6 is 0 Å². The smallest absolute Gasteiger partial charge is 0.195 e. The number of benzene rings is 21. The van der Waals surface area contributed by atoms with Gasteiger partial charge in [0.2, 0.25) is 0 Å². The number of para-hydroxylation sites is 12. The van der Waals surface area contributed by atoms with Crippen molar-refractivity contribution in [2.24, 2.45) is 0 Å². The number of hydrogen-bond acceptors (Lipinski definition) is 3. The Hall–Kier alpha value is -22.2. The van der Waals surface area contributed by atoms with Crippen molar-refractivity contribution in [2.45, 2.75) is 0 Å². The number of fused-ring (bicyclic) bond motifs is 18. The van der Waals surface area contributed by atoms with E-state index in [1.54, 1.807) is 12.1 Å². The lowest BCUT2D eigenvalue weighted by molar-refractivity contribution is 1.17. The average molecular weight is 1910 g/mol. The van der Waals surface area contributed by atoms with Gasteiger partial charge in [-0.15, -0.1) is 0 Å². The molecule has 0 aliphatic carbocycles. The van der Waals surface area contributed by atoms with Crippen LogP contribution in [0.2, 0.25) is 0 Å². The van der Waals surface area contributed by atoms with Crippen LogP contribution in [0, 0.1) is 73.4 Å². The van der Waals surface area contributed by atoms with Crippen molar-refractivity contribution in [3.8, 4) is 119 Å². The summed E-state index contributed by atoms with van der Waals surface area (Å²) >= 11 is 0. The number of nitrogens with zero attached hydrogens (tertiary/aromatic N) is 15. The average Bonchev–Trinajstić information content (AvgIpc) is 1.67. The van der Waals surface area contributed by atoms with Crippen molar-refractivity contribution in [2.75, 3.05) is 0 Å².